The second kappa shape index (κ2) is 11.3. The number of ether oxygens (including phenoxy) is 2. The van der Waals surface area contributed by atoms with Crippen LogP contribution in [0.15, 0.2) is 54.6 Å². The molecule has 1 N–H and O–H groups in total. The summed E-state index contributed by atoms with van der Waals surface area (Å²) in [4.78, 5) is 24.5. The standard InChI is InChI=1S/C25H28O5.C2H6/c1-2-19(26)12-13-20-21-14-24(27)29-23(21)15-22(20)30-25(28)18-10-8-17(9-11-18)16-6-4-3-5-7-16;1-2/h3-11,19-23,26H,2,12-15H2,1H3;1-2H3/t19-,20+,21+,22?,23-;/m0./s1. The van der Waals surface area contributed by atoms with Crippen LogP contribution in [0, 0.1) is 11.8 Å². The number of carbonyl (C=O) groups excluding carboxylic acids is 2. The summed E-state index contributed by atoms with van der Waals surface area (Å²) in [7, 11) is 0. The van der Waals surface area contributed by atoms with Crippen LogP contribution in [0.5, 0.6) is 0 Å². The zero-order chi connectivity index (χ0) is 23.1. The fourth-order valence-electron chi connectivity index (χ4n) is 4.72. The molecule has 0 spiro atoms. The molecule has 2 aliphatic rings. The molecule has 5 nitrogen and oxygen atoms in total. The van der Waals surface area contributed by atoms with Crippen molar-refractivity contribution < 1.29 is 24.2 Å². The summed E-state index contributed by atoms with van der Waals surface area (Å²) in [6.07, 6.45) is 2.11. The molecule has 1 aliphatic heterocycles. The van der Waals surface area contributed by atoms with Crippen LogP contribution in [0.25, 0.3) is 11.1 Å². The lowest BCUT2D eigenvalue weighted by Gasteiger charge is -2.24. The summed E-state index contributed by atoms with van der Waals surface area (Å²) in [5.41, 5.74) is 2.65. The fourth-order valence-corrected chi connectivity index (χ4v) is 4.72. The van der Waals surface area contributed by atoms with Crippen LogP contribution < -0.4 is 0 Å². The lowest BCUT2D eigenvalue weighted by Crippen LogP contribution is -2.27. The first-order valence-corrected chi connectivity index (χ1v) is 11.8. The van der Waals surface area contributed by atoms with Crippen LogP contribution in [0.1, 0.15) is 63.2 Å². The van der Waals surface area contributed by atoms with Crippen LogP contribution in [0.3, 0.4) is 0 Å². The van der Waals surface area contributed by atoms with E-state index < -0.39 is 0 Å². The van der Waals surface area contributed by atoms with Gasteiger partial charge in [0.15, 0.2) is 0 Å². The second-order valence-corrected chi connectivity index (χ2v) is 8.32. The summed E-state index contributed by atoms with van der Waals surface area (Å²) in [6.45, 7) is 5.95. The predicted octanol–water partition coefficient (Wildman–Crippen LogP) is 5.41. The van der Waals surface area contributed by atoms with Gasteiger partial charge >= 0.3 is 11.9 Å². The third-order valence-electron chi connectivity index (χ3n) is 6.45. The molecule has 2 aromatic rings. The molecule has 1 saturated carbocycles. The Hall–Kier alpha value is -2.66. The van der Waals surface area contributed by atoms with Crippen molar-refractivity contribution in [1.82, 2.24) is 0 Å². The Bertz CT molecular complexity index is 877. The summed E-state index contributed by atoms with van der Waals surface area (Å²) in [5, 5.41) is 9.97. The van der Waals surface area contributed by atoms with Crippen molar-refractivity contribution in [2.75, 3.05) is 0 Å². The van der Waals surface area contributed by atoms with Crippen molar-refractivity contribution >= 4 is 11.9 Å². The summed E-state index contributed by atoms with van der Waals surface area (Å²) in [6, 6.07) is 17.4. The van der Waals surface area contributed by atoms with Crippen molar-refractivity contribution in [2.45, 2.75) is 71.2 Å². The maximum absolute atomic E-state index is 12.8. The molecule has 2 fully saturated rings. The summed E-state index contributed by atoms with van der Waals surface area (Å²) >= 11 is 0. The average molecular weight is 439 g/mol. The van der Waals surface area contributed by atoms with Gasteiger partial charge in [-0.1, -0.05) is 63.2 Å². The number of carbonyl (C=O) groups is 2. The number of hydrogen-bond acceptors (Lipinski definition) is 5. The zero-order valence-corrected chi connectivity index (χ0v) is 19.2. The van der Waals surface area contributed by atoms with Gasteiger partial charge in [0.2, 0.25) is 0 Å². The highest BCUT2D eigenvalue weighted by atomic mass is 16.6. The smallest absolute Gasteiger partial charge is 0.338 e. The highest BCUT2D eigenvalue weighted by Crippen LogP contribution is 2.45. The maximum atomic E-state index is 12.8. The fraction of sp³-hybridized carbons (Fsp3) is 0.481. The van der Waals surface area contributed by atoms with Gasteiger partial charge in [0.1, 0.15) is 12.2 Å². The minimum atomic E-state index is -0.371. The molecule has 1 heterocycles. The molecule has 2 aromatic carbocycles. The monoisotopic (exact) mass is 438 g/mol. The van der Waals surface area contributed by atoms with E-state index in [9.17, 15) is 14.7 Å². The normalized spacial score (nSPS) is 24.7. The molecule has 0 aromatic heterocycles. The first-order valence-electron chi connectivity index (χ1n) is 11.8. The minimum Gasteiger partial charge on any atom is -0.462 e. The van der Waals surface area contributed by atoms with Crippen molar-refractivity contribution in [3.8, 4) is 11.1 Å². The Balaban J connectivity index is 0.00000141. The molecule has 5 atom stereocenters. The molecule has 0 amide bonds. The lowest BCUT2D eigenvalue weighted by molar-refractivity contribution is -0.141. The molecule has 4 rings (SSSR count). The largest absolute Gasteiger partial charge is 0.462 e. The molecule has 32 heavy (non-hydrogen) atoms. The van der Waals surface area contributed by atoms with E-state index in [2.05, 4.69) is 0 Å². The highest BCUT2D eigenvalue weighted by Gasteiger charge is 2.51. The molecule has 0 bridgehead atoms. The van der Waals surface area contributed by atoms with Crippen LogP contribution in [-0.4, -0.2) is 35.4 Å². The van der Waals surface area contributed by atoms with Crippen LogP contribution in [0.4, 0.5) is 0 Å². The van der Waals surface area contributed by atoms with E-state index in [-0.39, 0.29) is 42.1 Å². The van der Waals surface area contributed by atoms with E-state index in [4.69, 9.17) is 9.47 Å². The lowest BCUT2D eigenvalue weighted by atomic mass is 9.87. The van der Waals surface area contributed by atoms with E-state index in [1.807, 2.05) is 63.2 Å². The number of aliphatic hydroxyl groups is 1. The van der Waals surface area contributed by atoms with E-state index in [0.29, 0.717) is 31.2 Å². The Morgan fingerprint density at radius 1 is 1.09 bits per heavy atom. The Labute approximate surface area is 190 Å². The van der Waals surface area contributed by atoms with Gasteiger partial charge in [-0.2, -0.15) is 0 Å². The number of fused-ring (bicyclic) bond motifs is 1. The molecule has 1 saturated heterocycles. The van der Waals surface area contributed by atoms with Crippen LogP contribution in [-0.2, 0) is 14.3 Å². The zero-order valence-electron chi connectivity index (χ0n) is 19.2. The Kier molecular flexibility index (Phi) is 8.46. The molecule has 172 valence electrons. The van der Waals surface area contributed by atoms with Crippen molar-refractivity contribution in [1.29, 1.82) is 0 Å². The van der Waals surface area contributed by atoms with E-state index in [1.54, 1.807) is 12.1 Å². The molecular weight excluding hydrogens is 404 g/mol. The predicted molar refractivity (Wildman–Crippen MR) is 124 cm³/mol. The highest BCUT2D eigenvalue weighted by molar-refractivity contribution is 5.90. The van der Waals surface area contributed by atoms with Gasteiger partial charge in [-0.3, -0.25) is 4.79 Å². The van der Waals surface area contributed by atoms with Crippen LogP contribution >= 0.6 is 0 Å². The Morgan fingerprint density at radius 2 is 1.75 bits per heavy atom. The quantitative estimate of drug-likeness (QED) is 0.585. The number of aliphatic hydroxyl groups excluding tert-OH is 1. The van der Waals surface area contributed by atoms with Crippen molar-refractivity contribution in [3.63, 3.8) is 0 Å². The molecule has 5 heteroatoms. The SMILES string of the molecule is CC.CC[C@H](O)CC[C@H]1C(OC(=O)c2ccc(-c3ccccc3)cc2)C[C@@H]2OC(=O)C[C@@H]21. The van der Waals surface area contributed by atoms with Crippen molar-refractivity contribution in [2.24, 2.45) is 11.8 Å². The van der Waals surface area contributed by atoms with E-state index in [0.717, 1.165) is 17.5 Å². The van der Waals surface area contributed by atoms with Gasteiger partial charge < -0.3 is 14.6 Å². The van der Waals surface area contributed by atoms with E-state index >= 15 is 0 Å². The minimum absolute atomic E-state index is 0.0372. The summed E-state index contributed by atoms with van der Waals surface area (Å²) in [5.74, 6) is -0.422. The molecule has 1 unspecified atom stereocenters. The van der Waals surface area contributed by atoms with Gasteiger partial charge in [0.05, 0.1) is 18.1 Å². The first kappa shape index (κ1) is 24.0. The molecule has 0 radical (unpaired) electrons. The maximum Gasteiger partial charge on any atom is 0.338 e. The average Bonchev–Trinajstić information content (AvgIpc) is 3.34. The number of rotatable bonds is 7. The van der Waals surface area contributed by atoms with Crippen LogP contribution in [0.2, 0.25) is 0 Å². The van der Waals surface area contributed by atoms with Gasteiger partial charge in [-0.25, -0.2) is 4.79 Å². The number of benzene rings is 2. The topological polar surface area (TPSA) is 72.8 Å². The molecule has 1 aliphatic carbocycles. The van der Waals surface area contributed by atoms with Gasteiger partial charge in [-0.15, -0.1) is 0 Å². The van der Waals surface area contributed by atoms with E-state index in [1.165, 1.54) is 0 Å². The Morgan fingerprint density at radius 3 is 2.41 bits per heavy atom. The van der Waals surface area contributed by atoms with Gasteiger partial charge in [0.25, 0.3) is 0 Å². The number of hydrogen-bond donors (Lipinski definition) is 1. The van der Waals surface area contributed by atoms with Gasteiger partial charge in [-0.05, 0) is 42.5 Å². The summed E-state index contributed by atoms with van der Waals surface area (Å²) < 4.78 is 11.3. The first-order chi connectivity index (χ1) is 15.5. The van der Waals surface area contributed by atoms with Gasteiger partial charge in [0, 0.05) is 18.3 Å². The number of esters is 2. The third kappa shape index (κ3) is 5.57. The second-order valence-electron chi connectivity index (χ2n) is 8.32. The van der Waals surface area contributed by atoms with Crippen molar-refractivity contribution in [3.05, 3.63) is 60.2 Å². The third-order valence-corrected chi connectivity index (χ3v) is 6.45. The molecular formula is C27H34O5.